The molecule has 28 heavy (non-hydrogen) atoms. The van der Waals surface area contributed by atoms with Gasteiger partial charge in [0, 0.05) is 29.9 Å². The standard InChI is InChI=1S/C19H19ClN4O3S/c1-23(8-13(26)9-25)14-6-7-21-18-15(14)16-17(28-18)19(27)24(10-22-16)12-4-2-11(20)3-5-12/h2-7,10,13,18,21,25-26H,8-9H2,1H3. The molecule has 1 aromatic heterocycles. The Labute approximate surface area is 171 Å². The maximum atomic E-state index is 13.1. The van der Waals surface area contributed by atoms with E-state index in [2.05, 4.69) is 10.3 Å². The number of dihydropyridines is 1. The zero-order valence-electron chi connectivity index (χ0n) is 15.0. The molecule has 2 aromatic rings. The highest BCUT2D eigenvalue weighted by molar-refractivity contribution is 8.00. The number of hydrogen-bond acceptors (Lipinski definition) is 7. The molecule has 0 fully saturated rings. The number of likely N-dealkylation sites (N-methyl/N-ethyl adjacent to an activating group) is 1. The lowest BCUT2D eigenvalue weighted by molar-refractivity contribution is 0.0751. The van der Waals surface area contributed by atoms with Gasteiger partial charge in [-0.15, -0.1) is 0 Å². The zero-order chi connectivity index (χ0) is 19.8. The number of hydrogen-bond donors (Lipinski definition) is 3. The lowest BCUT2D eigenvalue weighted by Crippen LogP contribution is -2.34. The average Bonchev–Trinajstić information content (AvgIpc) is 3.08. The Kier molecular flexibility index (Phi) is 5.20. The highest BCUT2D eigenvalue weighted by Gasteiger charge is 2.36. The largest absolute Gasteiger partial charge is 0.394 e. The van der Waals surface area contributed by atoms with Crippen molar-refractivity contribution in [1.82, 2.24) is 19.8 Å². The zero-order valence-corrected chi connectivity index (χ0v) is 16.6. The van der Waals surface area contributed by atoms with Crippen LogP contribution in [0, 0.1) is 0 Å². The molecule has 7 nitrogen and oxygen atoms in total. The van der Waals surface area contributed by atoms with E-state index >= 15 is 0 Å². The number of fused-ring (bicyclic) bond motifs is 3. The van der Waals surface area contributed by atoms with Gasteiger partial charge in [0.2, 0.25) is 0 Å². The molecule has 0 amide bonds. The van der Waals surface area contributed by atoms with Crippen molar-refractivity contribution in [3.05, 3.63) is 69.6 Å². The molecular weight excluding hydrogens is 400 g/mol. The topological polar surface area (TPSA) is 90.6 Å². The van der Waals surface area contributed by atoms with E-state index in [1.165, 1.54) is 22.7 Å². The minimum Gasteiger partial charge on any atom is -0.394 e. The van der Waals surface area contributed by atoms with Crippen molar-refractivity contribution in [1.29, 1.82) is 0 Å². The quantitative estimate of drug-likeness (QED) is 0.676. The van der Waals surface area contributed by atoms with Crippen LogP contribution in [0.3, 0.4) is 0 Å². The molecule has 0 aliphatic carbocycles. The maximum Gasteiger partial charge on any atom is 0.272 e. The first kappa shape index (κ1) is 19.1. The molecule has 0 radical (unpaired) electrons. The van der Waals surface area contributed by atoms with Crippen molar-refractivity contribution >= 4 is 28.9 Å². The summed E-state index contributed by atoms with van der Waals surface area (Å²) in [6.07, 6.45) is 4.39. The van der Waals surface area contributed by atoms with Gasteiger partial charge in [0.15, 0.2) is 0 Å². The van der Waals surface area contributed by atoms with Crippen molar-refractivity contribution in [3.63, 3.8) is 0 Å². The van der Waals surface area contributed by atoms with Crippen LogP contribution in [0.5, 0.6) is 0 Å². The Morgan fingerprint density at radius 1 is 1.39 bits per heavy atom. The van der Waals surface area contributed by atoms with Gasteiger partial charge in [-0.3, -0.25) is 9.36 Å². The van der Waals surface area contributed by atoms with Crippen LogP contribution in [-0.4, -0.2) is 56.3 Å². The maximum absolute atomic E-state index is 13.1. The fourth-order valence-electron chi connectivity index (χ4n) is 3.30. The number of thioether (sulfide) groups is 1. The van der Waals surface area contributed by atoms with Crippen molar-refractivity contribution in [2.24, 2.45) is 0 Å². The Hall–Kier alpha value is -2.26. The van der Waals surface area contributed by atoms with E-state index in [1.807, 2.05) is 24.2 Å². The molecule has 0 saturated carbocycles. The van der Waals surface area contributed by atoms with Crippen molar-refractivity contribution in [3.8, 4) is 5.69 Å². The van der Waals surface area contributed by atoms with Crippen LogP contribution < -0.4 is 10.9 Å². The molecular formula is C19H19ClN4O3S. The lowest BCUT2D eigenvalue weighted by Gasteiger charge is -2.28. The third kappa shape index (κ3) is 3.33. The molecule has 146 valence electrons. The van der Waals surface area contributed by atoms with Crippen molar-refractivity contribution < 1.29 is 10.2 Å². The Bertz CT molecular complexity index is 1020. The number of aliphatic hydroxyl groups is 2. The first-order valence-electron chi connectivity index (χ1n) is 8.71. The third-order valence-corrected chi connectivity index (χ3v) is 6.12. The molecule has 3 N–H and O–H groups in total. The van der Waals surface area contributed by atoms with Crippen LogP contribution >= 0.6 is 23.4 Å². The van der Waals surface area contributed by atoms with Crippen LogP contribution in [0.2, 0.25) is 5.02 Å². The molecule has 0 bridgehead atoms. The number of benzene rings is 1. The van der Waals surface area contributed by atoms with Crippen LogP contribution in [0.4, 0.5) is 0 Å². The van der Waals surface area contributed by atoms with E-state index in [4.69, 9.17) is 16.7 Å². The van der Waals surface area contributed by atoms with E-state index < -0.39 is 6.10 Å². The summed E-state index contributed by atoms with van der Waals surface area (Å²) in [6, 6.07) is 7.02. The number of aromatic nitrogens is 2. The van der Waals surface area contributed by atoms with Gasteiger partial charge < -0.3 is 20.4 Å². The third-order valence-electron chi connectivity index (χ3n) is 4.66. The smallest absolute Gasteiger partial charge is 0.272 e. The van der Waals surface area contributed by atoms with Crippen LogP contribution in [-0.2, 0) is 0 Å². The van der Waals surface area contributed by atoms with E-state index in [0.29, 0.717) is 21.3 Å². The number of rotatable bonds is 5. The van der Waals surface area contributed by atoms with E-state index in [-0.39, 0.29) is 24.1 Å². The molecule has 2 atom stereocenters. The summed E-state index contributed by atoms with van der Waals surface area (Å²) < 4.78 is 1.51. The van der Waals surface area contributed by atoms with E-state index in [0.717, 1.165) is 11.3 Å². The highest BCUT2D eigenvalue weighted by atomic mass is 35.5. The summed E-state index contributed by atoms with van der Waals surface area (Å²) >= 11 is 7.36. The normalized spacial score (nSPS) is 18.5. The summed E-state index contributed by atoms with van der Waals surface area (Å²) in [5.41, 5.74) is 2.96. The van der Waals surface area contributed by atoms with Gasteiger partial charge in [-0.2, -0.15) is 0 Å². The fourth-order valence-corrected chi connectivity index (χ4v) is 4.64. The number of nitrogens with zero attached hydrogens (tertiary/aromatic N) is 3. The molecule has 4 rings (SSSR count). The van der Waals surface area contributed by atoms with Crippen molar-refractivity contribution in [2.75, 3.05) is 20.2 Å². The molecule has 2 aliphatic heterocycles. The summed E-state index contributed by atoms with van der Waals surface area (Å²) in [7, 11) is 1.84. The van der Waals surface area contributed by atoms with E-state index in [9.17, 15) is 9.90 Å². The van der Waals surface area contributed by atoms with Crippen LogP contribution in [0.1, 0.15) is 5.69 Å². The second-order valence-corrected chi connectivity index (χ2v) is 8.14. The molecule has 2 unspecified atom stereocenters. The number of nitrogens with one attached hydrogen (secondary N) is 1. The summed E-state index contributed by atoms with van der Waals surface area (Å²) in [5, 5.41) is 22.6. The lowest BCUT2D eigenvalue weighted by atomic mass is 10.1. The minimum atomic E-state index is -0.848. The predicted molar refractivity (Wildman–Crippen MR) is 109 cm³/mol. The molecule has 2 aliphatic rings. The Morgan fingerprint density at radius 2 is 2.14 bits per heavy atom. The second kappa shape index (κ2) is 7.63. The number of halogens is 1. The molecule has 3 heterocycles. The Morgan fingerprint density at radius 3 is 2.86 bits per heavy atom. The molecule has 1 aromatic carbocycles. The van der Waals surface area contributed by atoms with Gasteiger partial charge in [-0.25, -0.2) is 4.98 Å². The molecule has 0 spiro atoms. The van der Waals surface area contributed by atoms with Gasteiger partial charge in [0.1, 0.15) is 16.6 Å². The Balaban J connectivity index is 1.77. The van der Waals surface area contributed by atoms with Gasteiger partial charge in [0.25, 0.3) is 5.56 Å². The number of allylic oxidation sites excluding steroid dienone is 1. The summed E-state index contributed by atoms with van der Waals surface area (Å²) in [4.78, 5) is 20.1. The predicted octanol–water partition coefficient (Wildman–Crippen LogP) is 1.43. The minimum absolute atomic E-state index is 0.134. The summed E-state index contributed by atoms with van der Waals surface area (Å²) in [6.45, 7) is -0.0397. The fraction of sp³-hybridized carbons (Fsp3) is 0.263. The van der Waals surface area contributed by atoms with Crippen molar-refractivity contribution in [2.45, 2.75) is 16.4 Å². The first-order chi connectivity index (χ1) is 13.5. The SMILES string of the molecule is CN(CC(O)CO)C1=C2c3ncn(-c4ccc(Cl)cc4)c(=O)c3SC2NC=C1. The average molecular weight is 419 g/mol. The first-order valence-corrected chi connectivity index (χ1v) is 9.97. The molecule has 0 saturated heterocycles. The van der Waals surface area contributed by atoms with Gasteiger partial charge >= 0.3 is 0 Å². The van der Waals surface area contributed by atoms with Gasteiger partial charge in [-0.05, 0) is 36.5 Å². The van der Waals surface area contributed by atoms with Gasteiger partial charge in [0.05, 0.1) is 24.1 Å². The molecule has 9 heteroatoms. The van der Waals surface area contributed by atoms with Gasteiger partial charge in [-0.1, -0.05) is 23.4 Å². The monoisotopic (exact) mass is 418 g/mol. The number of aliphatic hydroxyl groups excluding tert-OH is 2. The second-order valence-electron chi connectivity index (χ2n) is 6.59. The van der Waals surface area contributed by atoms with Crippen LogP contribution in [0.15, 0.2) is 58.3 Å². The highest BCUT2D eigenvalue weighted by Crippen LogP contribution is 2.44. The van der Waals surface area contributed by atoms with Crippen LogP contribution in [0.25, 0.3) is 11.3 Å². The summed E-state index contributed by atoms with van der Waals surface area (Å²) in [5.74, 6) is 0. The van der Waals surface area contributed by atoms with E-state index in [1.54, 1.807) is 24.3 Å².